The van der Waals surface area contributed by atoms with Crippen LogP contribution in [0.5, 0.6) is 0 Å². The third-order valence-electron chi connectivity index (χ3n) is 4.09. The van der Waals surface area contributed by atoms with E-state index in [4.69, 9.17) is 11.6 Å². The molecule has 0 atom stereocenters. The second kappa shape index (κ2) is 8.63. The van der Waals surface area contributed by atoms with Gasteiger partial charge < -0.3 is 4.90 Å². The maximum absolute atomic E-state index is 12.9. The Bertz CT molecular complexity index is 873. The molecule has 0 aliphatic carbocycles. The van der Waals surface area contributed by atoms with Gasteiger partial charge in [-0.15, -0.1) is 0 Å². The van der Waals surface area contributed by atoms with Crippen molar-refractivity contribution in [1.29, 1.82) is 0 Å². The van der Waals surface area contributed by atoms with Gasteiger partial charge in [-0.25, -0.2) is 4.99 Å². The molecule has 1 fully saturated rings. The Morgan fingerprint density at radius 1 is 1.11 bits per heavy atom. The predicted molar refractivity (Wildman–Crippen MR) is 117 cm³/mol. The van der Waals surface area contributed by atoms with Crippen LogP contribution in [0.3, 0.4) is 0 Å². The van der Waals surface area contributed by atoms with Crippen molar-refractivity contribution in [2.45, 2.75) is 13.3 Å². The first-order valence-corrected chi connectivity index (χ1v) is 10.0. The maximum Gasteiger partial charge on any atom is 0.266 e. The molecule has 0 bridgehead atoms. The lowest BCUT2D eigenvalue weighted by molar-refractivity contribution is -0.122. The molecule has 1 heterocycles. The summed E-state index contributed by atoms with van der Waals surface area (Å²) in [5.41, 5.74) is 2.91. The molecular formula is C21H22ClN3OS. The molecule has 0 N–H and O–H groups in total. The van der Waals surface area contributed by atoms with E-state index >= 15 is 0 Å². The average molecular weight is 400 g/mol. The highest BCUT2D eigenvalue weighted by molar-refractivity contribution is 8.18. The van der Waals surface area contributed by atoms with Crippen LogP contribution in [0.4, 0.5) is 11.4 Å². The summed E-state index contributed by atoms with van der Waals surface area (Å²) in [5.74, 6) is 0.00579. The molecule has 0 spiro atoms. The molecule has 1 saturated heterocycles. The second-order valence-corrected chi connectivity index (χ2v) is 7.87. The molecule has 0 radical (unpaired) electrons. The molecule has 4 nitrogen and oxygen atoms in total. The summed E-state index contributed by atoms with van der Waals surface area (Å²) in [4.78, 5) is 22.0. The van der Waals surface area contributed by atoms with Gasteiger partial charge in [0.1, 0.15) is 0 Å². The number of halogens is 1. The summed E-state index contributed by atoms with van der Waals surface area (Å²) in [5, 5.41) is 1.38. The SMILES string of the molecule is CCCN1C(=O)/C(=C/c2ccc(N(C)C)cc2)SC1=Nc1ccc(Cl)cc1. The van der Waals surface area contributed by atoms with E-state index in [9.17, 15) is 4.79 Å². The summed E-state index contributed by atoms with van der Waals surface area (Å²) in [6.07, 6.45) is 2.80. The van der Waals surface area contributed by atoms with Crippen LogP contribution in [0.2, 0.25) is 5.02 Å². The van der Waals surface area contributed by atoms with Crippen molar-refractivity contribution >= 4 is 51.9 Å². The lowest BCUT2D eigenvalue weighted by Crippen LogP contribution is -2.29. The Hall–Kier alpha value is -2.24. The third-order valence-corrected chi connectivity index (χ3v) is 5.35. The standard InChI is InChI=1S/C21H22ClN3OS/c1-4-13-25-20(26)19(14-15-5-11-18(12-6-15)24(2)3)27-21(25)23-17-9-7-16(22)8-10-17/h5-12,14H,4,13H2,1-3H3/b19-14-,23-21?. The minimum Gasteiger partial charge on any atom is -0.378 e. The van der Waals surface area contributed by atoms with E-state index in [-0.39, 0.29) is 5.91 Å². The minimum atomic E-state index is 0.00579. The Morgan fingerprint density at radius 2 is 1.78 bits per heavy atom. The first-order chi connectivity index (χ1) is 13.0. The Labute approximate surface area is 169 Å². The molecule has 140 valence electrons. The van der Waals surface area contributed by atoms with E-state index < -0.39 is 0 Å². The van der Waals surface area contributed by atoms with Crippen LogP contribution in [-0.2, 0) is 4.79 Å². The number of rotatable bonds is 5. The number of hydrogen-bond acceptors (Lipinski definition) is 4. The largest absolute Gasteiger partial charge is 0.378 e. The van der Waals surface area contributed by atoms with E-state index in [0.29, 0.717) is 21.6 Å². The van der Waals surface area contributed by atoms with Gasteiger partial charge >= 0.3 is 0 Å². The highest BCUT2D eigenvalue weighted by atomic mass is 35.5. The smallest absolute Gasteiger partial charge is 0.266 e. The summed E-state index contributed by atoms with van der Waals surface area (Å²) < 4.78 is 0. The van der Waals surface area contributed by atoms with Crippen LogP contribution in [0, 0.1) is 0 Å². The zero-order valence-electron chi connectivity index (χ0n) is 15.6. The third kappa shape index (κ3) is 4.73. The highest BCUT2D eigenvalue weighted by Crippen LogP contribution is 2.34. The van der Waals surface area contributed by atoms with Crippen LogP contribution < -0.4 is 4.90 Å². The number of nitrogens with zero attached hydrogens (tertiary/aromatic N) is 3. The molecule has 3 rings (SSSR count). The van der Waals surface area contributed by atoms with E-state index in [1.54, 1.807) is 17.0 Å². The quantitative estimate of drug-likeness (QED) is 0.630. The average Bonchev–Trinajstić information content (AvgIpc) is 2.93. The zero-order valence-corrected chi connectivity index (χ0v) is 17.2. The number of benzene rings is 2. The van der Waals surface area contributed by atoms with Gasteiger partial charge in [0.25, 0.3) is 5.91 Å². The minimum absolute atomic E-state index is 0.00579. The molecule has 1 amide bonds. The van der Waals surface area contributed by atoms with Crippen LogP contribution >= 0.6 is 23.4 Å². The number of aliphatic imine (C=N–C) groups is 1. The molecular weight excluding hydrogens is 378 g/mol. The predicted octanol–water partition coefficient (Wildman–Crippen LogP) is 5.42. The van der Waals surface area contributed by atoms with Crippen molar-refractivity contribution in [2.24, 2.45) is 4.99 Å². The lowest BCUT2D eigenvalue weighted by atomic mass is 10.2. The molecule has 27 heavy (non-hydrogen) atoms. The van der Waals surface area contributed by atoms with Crippen molar-refractivity contribution < 1.29 is 4.79 Å². The molecule has 0 aromatic heterocycles. The first-order valence-electron chi connectivity index (χ1n) is 8.81. The van der Waals surface area contributed by atoms with Gasteiger partial charge in [0.2, 0.25) is 0 Å². The van der Waals surface area contributed by atoms with Gasteiger partial charge in [-0.2, -0.15) is 0 Å². The van der Waals surface area contributed by atoms with Gasteiger partial charge in [0.05, 0.1) is 10.6 Å². The van der Waals surface area contributed by atoms with E-state index in [1.807, 2.05) is 61.5 Å². The van der Waals surface area contributed by atoms with Crippen molar-refractivity contribution in [2.75, 3.05) is 25.5 Å². The molecule has 1 aliphatic rings. The van der Waals surface area contributed by atoms with Crippen molar-refractivity contribution in [3.8, 4) is 0 Å². The zero-order chi connectivity index (χ0) is 19.4. The fourth-order valence-corrected chi connectivity index (χ4v) is 3.81. The number of carbonyl (C=O) groups excluding carboxylic acids is 1. The van der Waals surface area contributed by atoms with Crippen LogP contribution in [0.15, 0.2) is 58.4 Å². The van der Waals surface area contributed by atoms with E-state index in [0.717, 1.165) is 23.4 Å². The normalized spacial score (nSPS) is 17.2. The molecule has 2 aromatic carbocycles. The van der Waals surface area contributed by atoms with Gasteiger partial charge in [0.15, 0.2) is 5.17 Å². The lowest BCUT2D eigenvalue weighted by Gasteiger charge is -2.14. The Morgan fingerprint density at radius 3 is 2.37 bits per heavy atom. The first kappa shape index (κ1) is 19.5. The fourth-order valence-electron chi connectivity index (χ4n) is 2.66. The molecule has 1 aliphatic heterocycles. The topological polar surface area (TPSA) is 35.9 Å². The van der Waals surface area contributed by atoms with Gasteiger partial charge in [-0.05, 0) is 66.2 Å². The molecule has 6 heteroatoms. The van der Waals surface area contributed by atoms with E-state index in [2.05, 4.69) is 11.9 Å². The van der Waals surface area contributed by atoms with Crippen LogP contribution in [0.1, 0.15) is 18.9 Å². The number of amides is 1. The van der Waals surface area contributed by atoms with Crippen LogP contribution in [0.25, 0.3) is 6.08 Å². The molecule has 0 unspecified atom stereocenters. The number of amidine groups is 1. The number of thioether (sulfide) groups is 1. The fraction of sp³-hybridized carbons (Fsp3) is 0.238. The van der Waals surface area contributed by atoms with Crippen molar-refractivity contribution in [3.05, 3.63) is 64.0 Å². The summed E-state index contributed by atoms with van der Waals surface area (Å²) in [6, 6.07) is 15.4. The number of carbonyl (C=O) groups is 1. The molecule has 0 saturated carbocycles. The van der Waals surface area contributed by atoms with Gasteiger partial charge in [0, 0.05) is 31.4 Å². The van der Waals surface area contributed by atoms with Gasteiger partial charge in [-0.3, -0.25) is 9.69 Å². The van der Waals surface area contributed by atoms with Gasteiger partial charge in [-0.1, -0.05) is 30.7 Å². The maximum atomic E-state index is 12.9. The Balaban J connectivity index is 1.89. The monoisotopic (exact) mass is 399 g/mol. The van der Waals surface area contributed by atoms with E-state index in [1.165, 1.54) is 11.8 Å². The molecule has 2 aromatic rings. The summed E-state index contributed by atoms with van der Waals surface area (Å²) >= 11 is 7.36. The second-order valence-electron chi connectivity index (χ2n) is 6.42. The summed E-state index contributed by atoms with van der Waals surface area (Å²) in [6.45, 7) is 2.70. The van der Waals surface area contributed by atoms with Crippen molar-refractivity contribution in [1.82, 2.24) is 4.90 Å². The summed E-state index contributed by atoms with van der Waals surface area (Å²) in [7, 11) is 4.01. The van der Waals surface area contributed by atoms with Crippen LogP contribution in [-0.4, -0.2) is 36.6 Å². The Kier molecular flexibility index (Phi) is 6.24. The highest BCUT2D eigenvalue weighted by Gasteiger charge is 2.32. The number of hydrogen-bond donors (Lipinski definition) is 0. The van der Waals surface area contributed by atoms with Crippen molar-refractivity contribution in [3.63, 3.8) is 0 Å². The number of anilines is 1.